The van der Waals surface area contributed by atoms with E-state index < -0.39 is 11.9 Å². The zero-order valence-electron chi connectivity index (χ0n) is 7.55. The van der Waals surface area contributed by atoms with Gasteiger partial charge in [-0.3, -0.25) is 0 Å². The van der Waals surface area contributed by atoms with E-state index in [9.17, 15) is 19.8 Å². The van der Waals surface area contributed by atoms with Crippen LogP contribution in [0.1, 0.15) is 13.8 Å². The SMILES string of the molecule is C=C(C)C(=O)[O-].C=C(C)C(=O)[O-].[Pb+2]. The molecule has 0 bridgehead atoms. The molecule has 0 N–H and O–H groups in total. The molecule has 0 spiro atoms. The second-order valence-corrected chi connectivity index (χ2v) is 2.14. The Morgan fingerprint density at radius 1 is 0.923 bits per heavy atom. The minimum atomic E-state index is -1.19. The first-order valence-electron chi connectivity index (χ1n) is 3.02. The Morgan fingerprint density at radius 3 is 1.00 bits per heavy atom. The van der Waals surface area contributed by atoms with Crippen LogP contribution in [0.25, 0.3) is 0 Å². The first kappa shape index (κ1) is 18.2. The summed E-state index contributed by atoms with van der Waals surface area (Å²) in [4.78, 5) is 19.0. The largest absolute Gasteiger partial charge is 2.00 e. The monoisotopic (exact) mass is 378 g/mol. The third-order valence-corrected chi connectivity index (χ3v) is 0.697. The normalized spacial score (nSPS) is 6.92. The topological polar surface area (TPSA) is 80.3 Å². The molecule has 2 radical (unpaired) electrons. The van der Waals surface area contributed by atoms with Crippen LogP contribution in [0.15, 0.2) is 24.3 Å². The van der Waals surface area contributed by atoms with E-state index in [-0.39, 0.29) is 38.4 Å². The molecule has 70 valence electrons. The Morgan fingerprint density at radius 2 is 1.00 bits per heavy atom. The van der Waals surface area contributed by atoms with Crippen LogP contribution in [-0.2, 0) is 9.59 Å². The van der Waals surface area contributed by atoms with Crippen LogP contribution in [-0.4, -0.2) is 39.2 Å². The van der Waals surface area contributed by atoms with Gasteiger partial charge in [0.15, 0.2) is 0 Å². The number of hydrogen-bond acceptors (Lipinski definition) is 4. The van der Waals surface area contributed by atoms with Crippen LogP contribution < -0.4 is 10.2 Å². The van der Waals surface area contributed by atoms with E-state index in [1.54, 1.807) is 0 Å². The fourth-order valence-corrected chi connectivity index (χ4v) is 0. The minimum Gasteiger partial charge on any atom is -0.545 e. The molecule has 0 aromatic rings. The van der Waals surface area contributed by atoms with E-state index in [1.165, 1.54) is 13.8 Å². The molecule has 0 unspecified atom stereocenters. The van der Waals surface area contributed by atoms with Crippen molar-refractivity contribution in [3.05, 3.63) is 24.3 Å². The summed E-state index contributed by atoms with van der Waals surface area (Å²) >= 11 is 0. The summed E-state index contributed by atoms with van der Waals surface area (Å²) in [6.07, 6.45) is 0. The van der Waals surface area contributed by atoms with E-state index in [0.717, 1.165) is 0 Å². The zero-order chi connectivity index (χ0) is 10.3. The van der Waals surface area contributed by atoms with Gasteiger partial charge in [-0.1, -0.05) is 13.2 Å². The summed E-state index contributed by atoms with van der Waals surface area (Å²) in [5, 5.41) is 19.0. The molecule has 0 aliphatic rings. The molecule has 13 heavy (non-hydrogen) atoms. The second kappa shape index (κ2) is 9.43. The van der Waals surface area contributed by atoms with Gasteiger partial charge in [-0.2, -0.15) is 0 Å². The average Bonchev–Trinajstić information content (AvgIpc) is 1.88. The van der Waals surface area contributed by atoms with E-state index in [4.69, 9.17) is 0 Å². The molecule has 0 aliphatic heterocycles. The molecule has 4 nitrogen and oxygen atoms in total. The molecule has 0 aromatic carbocycles. The number of rotatable bonds is 2. The molecule has 0 rings (SSSR count). The van der Waals surface area contributed by atoms with Gasteiger partial charge in [0, 0.05) is 0 Å². The van der Waals surface area contributed by atoms with Crippen LogP contribution in [0, 0.1) is 0 Å². The molecular weight excluding hydrogens is 367 g/mol. The molecule has 0 aliphatic carbocycles. The first-order chi connectivity index (χ1) is 5.29. The van der Waals surface area contributed by atoms with Gasteiger partial charge in [0.05, 0.1) is 11.9 Å². The number of aliphatic carboxylic acids is 2. The third kappa shape index (κ3) is 18.4. The minimum absolute atomic E-state index is 0. The summed E-state index contributed by atoms with van der Waals surface area (Å²) < 4.78 is 0. The molecule has 0 heterocycles. The van der Waals surface area contributed by atoms with E-state index in [2.05, 4.69) is 13.2 Å². The van der Waals surface area contributed by atoms with Gasteiger partial charge in [0.1, 0.15) is 0 Å². The number of carbonyl (C=O) groups excluding carboxylic acids is 2. The summed E-state index contributed by atoms with van der Waals surface area (Å²) in [5.41, 5.74) is 0.130. The van der Waals surface area contributed by atoms with Gasteiger partial charge < -0.3 is 19.8 Å². The fraction of sp³-hybridized carbons (Fsp3) is 0.250. The van der Waals surface area contributed by atoms with Crippen molar-refractivity contribution in [2.45, 2.75) is 13.8 Å². The quantitative estimate of drug-likeness (QED) is 0.422. The Hall–Kier alpha value is -0.658. The molecule has 5 heteroatoms. The van der Waals surface area contributed by atoms with Crippen molar-refractivity contribution in [3.63, 3.8) is 0 Å². The van der Waals surface area contributed by atoms with Gasteiger partial charge in [0.2, 0.25) is 0 Å². The van der Waals surface area contributed by atoms with Gasteiger partial charge in [-0.25, -0.2) is 0 Å². The number of hydrogen-bond donors (Lipinski definition) is 0. The first-order valence-corrected chi connectivity index (χ1v) is 3.02. The maximum absolute atomic E-state index is 9.49. The van der Waals surface area contributed by atoms with Gasteiger partial charge in [0.25, 0.3) is 0 Å². The number of carboxylic acid groups (broad SMARTS) is 2. The molecule has 0 aromatic heterocycles. The van der Waals surface area contributed by atoms with Crippen LogP contribution >= 0.6 is 0 Å². The van der Waals surface area contributed by atoms with E-state index in [0.29, 0.717) is 0 Å². The number of carboxylic acids is 2. The zero-order valence-corrected chi connectivity index (χ0v) is 11.4. The smallest absolute Gasteiger partial charge is 0.545 e. The standard InChI is InChI=1S/2C4H6O2.Pb/c2*1-3(2)4(5)6;/h2*1H2,2H3,(H,5,6);/q;;+2/p-2. The van der Waals surface area contributed by atoms with Crippen molar-refractivity contribution >= 4 is 39.2 Å². The van der Waals surface area contributed by atoms with Crippen LogP contribution in [0.5, 0.6) is 0 Å². The van der Waals surface area contributed by atoms with Crippen molar-refractivity contribution in [3.8, 4) is 0 Å². The molecule has 0 saturated carbocycles. The maximum Gasteiger partial charge on any atom is 2.00 e. The van der Waals surface area contributed by atoms with Crippen molar-refractivity contribution in [1.29, 1.82) is 0 Å². The third-order valence-electron chi connectivity index (χ3n) is 0.697. The Kier molecular flexibility index (Phi) is 13.2. The Balaban J connectivity index is -0.000000143. The Labute approximate surface area is 97.1 Å². The summed E-state index contributed by atoms with van der Waals surface area (Å²) in [7, 11) is 0. The molecule has 0 atom stereocenters. The summed E-state index contributed by atoms with van der Waals surface area (Å²) in [6, 6.07) is 0. The van der Waals surface area contributed by atoms with Gasteiger partial charge in [-0.15, -0.1) is 0 Å². The fourth-order valence-electron chi connectivity index (χ4n) is 0. The van der Waals surface area contributed by atoms with E-state index >= 15 is 0 Å². The van der Waals surface area contributed by atoms with Gasteiger partial charge >= 0.3 is 27.3 Å². The average molecular weight is 377 g/mol. The van der Waals surface area contributed by atoms with Crippen molar-refractivity contribution < 1.29 is 19.8 Å². The van der Waals surface area contributed by atoms with Crippen LogP contribution in [0.4, 0.5) is 0 Å². The van der Waals surface area contributed by atoms with Crippen LogP contribution in [0.3, 0.4) is 0 Å². The second-order valence-electron chi connectivity index (χ2n) is 2.14. The molecule has 0 saturated heterocycles. The molecule has 0 fully saturated rings. The number of carbonyl (C=O) groups is 2. The predicted molar refractivity (Wildman–Crippen MR) is 45.4 cm³/mol. The summed E-state index contributed by atoms with van der Waals surface area (Å²) in [6.45, 7) is 8.95. The van der Waals surface area contributed by atoms with E-state index in [1.807, 2.05) is 0 Å². The predicted octanol–water partition coefficient (Wildman–Crippen LogP) is -1.76. The molecule has 0 amide bonds. The maximum atomic E-state index is 9.49. The Bertz CT molecular complexity index is 172. The molecular formula is C8H10O4Pb. The van der Waals surface area contributed by atoms with Gasteiger partial charge in [-0.05, 0) is 25.0 Å². The summed E-state index contributed by atoms with van der Waals surface area (Å²) in [5.74, 6) is -2.37. The van der Waals surface area contributed by atoms with Crippen molar-refractivity contribution in [2.75, 3.05) is 0 Å². The van der Waals surface area contributed by atoms with Crippen molar-refractivity contribution in [1.82, 2.24) is 0 Å². The van der Waals surface area contributed by atoms with Crippen molar-refractivity contribution in [2.24, 2.45) is 0 Å². The van der Waals surface area contributed by atoms with Crippen LogP contribution in [0.2, 0.25) is 0 Å².